The van der Waals surface area contributed by atoms with E-state index >= 15 is 0 Å². The zero-order valence-electron chi connectivity index (χ0n) is 8.22. The third kappa shape index (κ3) is 3.93. The summed E-state index contributed by atoms with van der Waals surface area (Å²) in [5.74, 6) is 0. The minimum absolute atomic E-state index is 0.117. The van der Waals surface area contributed by atoms with Crippen LogP contribution in [0, 0.1) is 22.7 Å². The van der Waals surface area contributed by atoms with Crippen LogP contribution in [0.1, 0.15) is 6.42 Å². The summed E-state index contributed by atoms with van der Waals surface area (Å²) >= 11 is 0. The molecule has 1 rings (SSSR count). The number of nitriles is 2. The van der Waals surface area contributed by atoms with Crippen molar-refractivity contribution < 1.29 is 0 Å². The van der Waals surface area contributed by atoms with Gasteiger partial charge in [-0.2, -0.15) is 10.5 Å². The number of rotatable bonds is 2. The fourth-order valence-electron chi connectivity index (χ4n) is 1.09. The summed E-state index contributed by atoms with van der Waals surface area (Å²) < 4.78 is 0. The first-order valence-electron chi connectivity index (χ1n) is 4.58. The van der Waals surface area contributed by atoms with Gasteiger partial charge in [-0.15, -0.1) is 0 Å². The van der Waals surface area contributed by atoms with Crippen molar-refractivity contribution in [3.63, 3.8) is 0 Å². The van der Waals surface area contributed by atoms with Gasteiger partial charge in [0.25, 0.3) is 0 Å². The second-order valence-electron chi connectivity index (χ2n) is 2.92. The van der Waals surface area contributed by atoms with Crippen LogP contribution in [0.3, 0.4) is 0 Å². The van der Waals surface area contributed by atoms with Crippen molar-refractivity contribution in [1.29, 1.82) is 10.5 Å². The Labute approximate surface area is 89.4 Å². The highest BCUT2D eigenvalue weighted by Gasteiger charge is 1.90. The first kappa shape index (κ1) is 10.8. The molecule has 0 atom stereocenters. The van der Waals surface area contributed by atoms with Crippen LogP contribution in [0.2, 0.25) is 0 Å². The minimum Gasteiger partial charge on any atom is -0.192 e. The highest BCUT2D eigenvalue weighted by molar-refractivity contribution is 5.40. The van der Waals surface area contributed by atoms with Crippen molar-refractivity contribution in [2.75, 3.05) is 0 Å². The average molecular weight is 194 g/mol. The molecule has 0 aromatic carbocycles. The van der Waals surface area contributed by atoms with Crippen molar-refractivity contribution in [3.8, 4) is 12.1 Å². The van der Waals surface area contributed by atoms with E-state index in [1.165, 1.54) is 6.08 Å². The standard InChI is InChI=1S/C13H10N2/c14-10-13(11-15)9-5-8-12-6-3-1-2-4-7-12/h1-6,8-9H,7H2/b8-5+. The molecule has 0 N–H and O–H groups in total. The molecule has 0 amide bonds. The molecule has 1 aliphatic rings. The molecule has 72 valence electrons. The van der Waals surface area contributed by atoms with Gasteiger partial charge < -0.3 is 0 Å². The van der Waals surface area contributed by atoms with Gasteiger partial charge in [0, 0.05) is 0 Å². The van der Waals surface area contributed by atoms with Gasteiger partial charge >= 0.3 is 0 Å². The Kier molecular flexibility index (Phi) is 4.43. The van der Waals surface area contributed by atoms with E-state index < -0.39 is 0 Å². The third-order valence-corrected chi connectivity index (χ3v) is 1.84. The molecule has 0 saturated carbocycles. The number of hydrogen-bond acceptors (Lipinski definition) is 2. The highest BCUT2D eigenvalue weighted by Crippen LogP contribution is 2.08. The van der Waals surface area contributed by atoms with Crippen molar-refractivity contribution in [2.45, 2.75) is 6.42 Å². The van der Waals surface area contributed by atoms with Gasteiger partial charge in [-0.25, -0.2) is 0 Å². The lowest BCUT2D eigenvalue weighted by molar-refractivity contribution is 1.29. The maximum Gasteiger partial charge on any atom is 0.129 e. The lowest BCUT2D eigenvalue weighted by atomic mass is 10.1. The Balaban J connectivity index is 2.68. The normalized spacial score (nSPS) is 13.9. The second kappa shape index (κ2) is 6.18. The van der Waals surface area contributed by atoms with Crippen LogP contribution in [0.15, 0.2) is 59.8 Å². The Hall–Kier alpha value is -2.32. The summed E-state index contributed by atoms with van der Waals surface area (Å²) in [5, 5.41) is 17.0. The number of allylic oxidation sites excluding steroid dienone is 10. The zero-order chi connectivity index (χ0) is 10.9. The Morgan fingerprint density at radius 2 is 2.00 bits per heavy atom. The molecule has 1 aliphatic carbocycles. The number of nitrogens with zero attached hydrogens (tertiary/aromatic N) is 2. The molecule has 0 unspecified atom stereocenters. The third-order valence-electron chi connectivity index (χ3n) is 1.84. The van der Waals surface area contributed by atoms with Crippen LogP contribution in [-0.2, 0) is 0 Å². The van der Waals surface area contributed by atoms with Gasteiger partial charge in [0.2, 0.25) is 0 Å². The Morgan fingerprint density at radius 3 is 2.73 bits per heavy atom. The molecule has 0 aliphatic heterocycles. The van der Waals surface area contributed by atoms with E-state index in [2.05, 4.69) is 6.08 Å². The summed E-state index contributed by atoms with van der Waals surface area (Å²) in [7, 11) is 0. The van der Waals surface area contributed by atoms with Crippen LogP contribution < -0.4 is 0 Å². The summed E-state index contributed by atoms with van der Waals surface area (Å²) in [6.07, 6.45) is 16.0. The molecule has 0 bridgehead atoms. The van der Waals surface area contributed by atoms with E-state index in [0.29, 0.717) is 0 Å². The maximum absolute atomic E-state index is 8.50. The Bertz CT molecular complexity index is 430. The molecule has 2 heteroatoms. The molecule has 0 aromatic rings. The van der Waals surface area contributed by atoms with Crippen LogP contribution in [0.25, 0.3) is 0 Å². The summed E-state index contributed by atoms with van der Waals surface area (Å²) in [6, 6.07) is 3.61. The zero-order valence-corrected chi connectivity index (χ0v) is 8.22. The van der Waals surface area contributed by atoms with E-state index in [1.54, 1.807) is 18.2 Å². The molecular weight excluding hydrogens is 184 g/mol. The van der Waals surface area contributed by atoms with Crippen LogP contribution in [0.4, 0.5) is 0 Å². The van der Waals surface area contributed by atoms with Crippen LogP contribution in [-0.4, -0.2) is 0 Å². The monoisotopic (exact) mass is 194 g/mol. The van der Waals surface area contributed by atoms with Crippen LogP contribution in [0.5, 0.6) is 0 Å². The minimum atomic E-state index is 0.117. The quantitative estimate of drug-likeness (QED) is 0.501. The maximum atomic E-state index is 8.50. The van der Waals surface area contributed by atoms with Crippen LogP contribution >= 0.6 is 0 Å². The lowest BCUT2D eigenvalue weighted by Gasteiger charge is -1.92. The van der Waals surface area contributed by atoms with Crippen molar-refractivity contribution in [1.82, 2.24) is 0 Å². The van der Waals surface area contributed by atoms with Gasteiger partial charge in [-0.05, 0) is 18.1 Å². The molecular formula is C13H10N2. The molecule has 15 heavy (non-hydrogen) atoms. The molecule has 2 nitrogen and oxygen atoms in total. The lowest BCUT2D eigenvalue weighted by Crippen LogP contribution is -1.74. The van der Waals surface area contributed by atoms with E-state index in [9.17, 15) is 0 Å². The van der Waals surface area contributed by atoms with Gasteiger partial charge in [0.1, 0.15) is 17.7 Å². The van der Waals surface area contributed by atoms with Crippen molar-refractivity contribution in [2.24, 2.45) is 0 Å². The summed E-state index contributed by atoms with van der Waals surface area (Å²) in [6.45, 7) is 0. The predicted molar refractivity (Wildman–Crippen MR) is 59.4 cm³/mol. The highest BCUT2D eigenvalue weighted by atomic mass is 14.3. The smallest absolute Gasteiger partial charge is 0.129 e. The molecule has 0 radical (unpaired) electrons. The van der Waals surface area contributed by atoms with Gasteiger partial charge in [-0.1, -0.05) is 42.5 Å². The van der Waals surface area contributed by atoms with Gasteiger partial charge in [-0.3, -0.25) is 0 Å². The van der Waals surface area contributed by atoms with E-state index in [1.807, 2.05) is 30.4 Å². The van der Waals surface area contributed by atoms with Crippen molar-refractivity contribution in [3.05, 3.63) is 59.8 Å². The van der Waals surface area contributed by atoms with Crippen molar-refractivity contribution >= 4 is 0 Å². The Morgan fingerprint density at radius 1 is 1.20 bits per heavy atom. The molecule has 0 aromatic heterocycles. The molecule has 0 spiro atoms. The van der Waals surface area contributed by atoms with E-state index in [0.717, 1.165) is 12.0 Å². The fourth-order valence-corrected chi connectivity index (χ4v) is 1.09. The number of hydrogen-bond donors (Lipinski definition) is 0. The fraction of sp³-hybridized carbons (Fsp3) is 0.0769. The topological polar surface area (TPSA) is 47.6 Å². The van der Waals surface area contributed by atoms with Gasteiger partial charge in [0.15, 0.2) is 0 Å². The SMILES string of the molecule is N#CC(C#N)=C/C=C/C1=CC=CC=CC1. The van der Waals surface area contributed by atoms with E-state index in [-0.39, 0.29) is 5.57 Å². The first-order valence-corrected chi connectivity index (χ1v) is 4.58. The largest absolute Gasteiger partial charge is 0.192 e. The molecule has 0 saturated heterocycles. The summed E-state index contributed by atoms with van der Waals surface area (Å²) in [4.78, 5) is 0. The first-order chi connectivity index (χ1) is 7.36. The molecule has 0 fully saturated rings. The predicted octanol–water partition coefficient (Wildman–Crippen LogP) is 2.96. The second-order valence-corrected chi connectivity index (χ2v) is 2.92. The average Bonchev–Trinajstić information content (AvgIpc) is 2.53. The molecule has 0 heterocycles. The summed E-state index contributed by atoms with van der Waals surface area (Å²) in [5.41, 5.74) is 1.26. The van der Waals surface area contributed by atoms with E-state index in [4.69, 9.17) is 10.5 Å². The van der Waals surface area contributed by atoms with Gasteiger partial charge in [0.05, 0.1) is 0 Å².